The number of carbonyl (C=O) groups is 1. The molecule has 0 fully saturated rings. The lowest BCUT2D eigenvalue weighted by atomic mass is 10.2. The van der Waals surface area contributed by atoms with Crippen molar-refractivity contribution in [3.8, 4) is 5.88 Å². The van der Waals surface area contributed by atoms with Crippen LogP contribution in [0.15, 0.2) is 47.1 Å². The first-order chi connectivity index (χ1) is 9.19. The average Bonchev–Trinajstić information content (AvgIpc) is 2.46. The summed E-state index contributed by atoms with van der Waals surface area (Å²) < 4.78 is 5.95. The van der Waals surface area contributed by atoms with Crippen LogP contribution in [0.2, 0.25) is 0 Å². The summed E-state index contributed by atoms with van der Waals surface area (Å²) in [5.74, 6) is 0.482. The highest BCUT2D eigenvalue weighted by molar-refractivity contribution is 9.10. The molecule has 0 aliphatic carbocycles. The van der Waals surface area contributed by atoms with Crippen molar-refractivity contribution in [1.29, 1.82) is 0 Å². The van der Waals surface area contributed by atoms with E-state index in [2.05, 4.69) is 26.2 Å². The fourth-order valence-electron chi connectivity index (χ4n) is 1.52. The first-order valence-corrected chi connectivity index (χ1v) is 6.51. The van der Waals surface area contributed by atoms with E-state index < -0.39 is 0 Å². The van der Waals surface area contributed by atoms with Crippen LogP contribution >= 0.6 is 15.9 Å². The highest BCUT2D eigenvalue weighted by atomic mass is 79.9. The molecule has 1 aromatic heterocycles. The molecular weight excluding hydrogens is 308 g/mol. The first-order valence-electron chi connectivity index (χ1n) is 5.72. The van der Waals surface area contributed by atoms with Crippen molar-refractivity contribution in [1.82, 2.24) is 4.98 Å². The summed E-state index contributed by atoms with van der Waals surface area (Å²) in [6.07, 6.45) is 1.52. The van der Waals surface area contributed by atoms with Gasteiger partial charge < -0.3 is 10.1 Å². The van der Waals surface area contributed by atoms with E-state index in [1.54, 1.807) is 19.2 Å². The van der Waals surface area contributed by atoms with Gasteiger partial charge in [0.15, 0.2) is 5.78 Å². The second-order valence-corrected chi connectivity index (χ2v) is 4.79. The molecular formula is C14H13BrN2O2. The first kappa shape index (κ1) is 13.5. The number of nitrogens with one attached hydrogen (secondary N) is 1. The lowest BCUT2D eigenvalue weighted by Crippen LogP contribution is -2.14. The number of ketones is 1. The smallest absolute Gasteiger partial charge is 0.212 e. The van der Waals surface area contributed by atoms with E-state index >= 15 is 0 Å². The third kappa shape index (κ3) is 3.79. The minimum atomic E-state index is -0.0157. The number of ether oxygens (including phenoxy) is 1. The molecule has 2 rings (SSSR count). The van der Waals surface area contributed by atoms with Gasteiger partial charge in [-0.2, -0.15) is 0 Å². The zero-order valence-electron chi connectivity index (χ0n) is 10.4. The van der Waals surface area contributed by atoms with Crippen molar-refractivity contribution < 1.29 is 9.53 Å². The molecule has 0 aliphatic heterocycles. The number of pyridine rings is 1. The Balaban J connectivity index is 1.95. The maximum absolute atomic E-state index is 11.9. The van der Waals surface area contributed by atoms with Gasteiger partial charge in [0.05, 0.1) is 13.7 Å². The summed E-state index contributed by atoms with van der Waals surface area (Å²) in [6.45, 7) is 0.232. The summed E-state index contributed by atoms with van der Waals surface area (Å²) >= 11 is 3.36. The van der Waals surface area contributed by atoms with E-state index in [9.17, 15) is 4.79 Å². The second kappa shape index (κ2) is 6.33. The lowest BCUT2D eigenvalue weighted by molar-refractivity contribution is 0.101. The molecule has 0 bridgehead atoms. The van der Waals surface area contributed by atoms with Gasteiger partial charge >= 0.3 is 0 Å². The Kier molecular flexibility index (Phi) is 4.52. The Hall–Kier alpha value is -1.88. The zero-order valence-corrected chi connectivity index (χ0v) is 12.0. The highest BCUT2D eigenvalue weighted by Crippen LogP contribution is 2.14. The number of hydrogen-bond acceptors (Lipinski definition) is 4. The molecule has 2 aromatic rings. The number of anilines is 1. The SMILES string of the molecule is COc1ccc(C(=O)CNc2ccc(Br)cc2)cn1. The van der Waals surface area contributed by atoms with E-state index in [1.807, 2.05) is 24.3 Å². The molecule has 0 atom stereocenters. The zero-order chi connectivity index (χ0) is 13.7. The molecule has 98 valence electrons. The van der Waals surface area contributed by atoms with Crippen molar-refractivity contribution >= 4 is 27.4 Å². The van der Waals surface area contributed by atoms with Crippen LogP contribution in [0.4, 0.5) is 5.69 Å². The average molecular weight is 321 g/mol. The van der Waals surface area contributed by atoms with Crippen LogP contribution in [0.1, 0.15) is 10.4 Å². The number of hydrogen-bond donors (Lipinski definition) is 1. The van der Waals surface area contributed by atoms with Crippen LogP contribution in [0.25, 0.3) is 0 Å². The minimum absolute atomic E-state index is 0.0157. The van der Waals surface area contributed by atoms with Crippen LogP contribution in [-0.4, -0.2) is 24.4 Å². The largest absolute Gasteiger partial charge is 0.481 e. The molecule has 19 heavy (non-hydrogen) atoms. The van der Waals surface area contributed by atoms with Crippen molar-refractivity contribution in [3.63, 3.8) is 0 Å². The Labute approximate surface area is 119 Å². The van der Waals surface area contributed by atoms with Gasteiger partial charge in [-0.1, -0.05) is 15.9 Å². The van der Waals surface area contributed by atoms with E-state index in [0.717, 1.165) is 10.2 Å². The van der Waals surface area contributed by atoms with Crippen molar-refractivity contribution in [3.05, 3.63) is 52.6 Å². The van der Waals surface area contributed by atoms with Crippen LogP contribution in [0, 0.1) is 0 Å². The number of halogens is 1. The molecule has 0 aliphatic rings. The Morgan fingerprint density at radius 3 is 2.58 bits per heavy atom. The third-order valence-corrected chi connectivity index (χ3v) is 3.09. The Bertz CT molecular complexity index is 553. The molecule has 5 heteroatoms. The van der Waals surface area contributed by atoms with Gasteiger partial charge in [0.25, 0.3) is 0 Å². The number of carbonyl (C=O) groups excluding carboxylic acids is 1. The van der Waals surface area contributed by atoms with E-state index in [-0.39, 0.29) is 12.3 Å². The monoisotopic (exact) mass is 320 g/mol. The molecule has 0 unspecified atom stereocenters. The van der Waals surface area contributed by atoms with E-state index in [1.165, 1.54) is 6.20 Å². The molecule has 4 nitrogen and oxygen atoms in total. The Morgan fingerprint density at radius 2 is 2.00 bits per heavy atom. The number of rotatable bonds is 5. The Morgan fingerprint density at radius 1 is 1.26 bits per heavy atom. The van der Waals surface area contributed by atoms with Crippen LogP contribution < -0.4 is 10.1 Å². The van der Waals surface area contributed by atoms with E-state index in [4.69, 9.17) is 4.74 Å². The molecule has 1 heterocycles. The minimum Gasteiger partial charge on any atom is -0.481 e. The van der Waals surface area contributed by atoms with Gasteiger partial charge in [-0.05, 0) is 30.3 Å². The predicted molar refractivity (Wildman–Crippen MR) is 77.8 cm³/mol. The number of nitrogens with zero attached hydrogens (tertiary/aromatic N) is 1. The van der Waals surface area contributed by atoms with Gasteiger partial charge in [0.2, 0.25) is 5.88 Å². The van der Waals surface area contributed by atoms with Gasteiger partial charge in [0, 0.05) is 28.0 Å². The van der Waals surface area contributed by atoms with Crippen LogP contribution in [0.3, 0.4) is 0 Å². The third-order valence-electron chi connectivity index (χ3n) is 2.56. The van der Waals surface area contributed by atoms with Crippen molar-refractivity contribution in [2.75, 3.05) is 19.0 Å². The summed E-state index contributed by atoms with van der Waals surface area (Å²) in [6, 6.07) is 11.0. The van der Waals surface area contributed by atoms with Gasteiger partial charge in [0.1, 0.15) is 0 Å². The van der Waals surface area contributed by atoms with Crippen molar-refractivity contribution in [2.24, 2.45) is 0 Å². The fourth-order valence-corrected chi connectivity index (χ4v) is 1.78. The molecule has 1 N–H and O–H groups in total. The van der Waals surface area contributed by atoms with Crippen molar-refractivity contribution in [2.45, 2.75) is 0 Å². The number of methoxy groups -OCH3 is 1. The number of aromatic nitrogens is 1. The summed E-state index contributed by atoms with van der Waals surface area (Å²) in [5, 5.41) is 3.07. The predicted octanol–water partition coefficient (Wildman–Crippen LogP) is 3.15. The maximum atomic E-state index is 11.9. The maximum Gasteiger partial charge on any atom is 0.212 e. The highest BCUT2D eigenvalue weighted by Gasteiger charge is 2.06. The molecule has 0 amide bonds. The van der Waals surface area contributed by atoms with Gasteiger partial charge in [-0.15, -0.1) is 0 Å². The molecule has 0 spiro atoms. The van der Waals surface area contributed by atoms with Crippen LogP contribution in [-0.2, 0) is 0 Å². The number of benzene rings is 1. The fraction of sp³-hybridized carbons (Fsp3) is 0.143. The molecule has 0 radical (unpaired) electrons. The summed E-state index contributed by atoms with van der Waals surface area (Å²) in [4.78, 5) is 15.9. The lowest BCUT2D eigenvalue weighted by Gasteiger charge is -2.06. The van der Waals surface area contributed by atoms with Gasteiger partial charge in [-0.3, -0.25) is 4.79 Å². The topological polar surface area (TPSA) is 51.2 Å². The normalized spacial score (nSPS) is 10.0. The number of Topliss-reactive ketones (excluding diaryl/α,β-unsaturated/α-hetero) is 1. The quantitative estimate of drug-likeness (QED) is 0.860. The second-order valence-electron chi connectivity index (χ2n) is 3.87. The van der Waals surface area contributed by atoms with Crippen LogP contribution in [0.5, 0.6) is 5.88 Å². The molecule has 0 saturated heterocycles. The molecule has 0 saturated carbocycles. The van der Waals surface area contributed by atoms with E-state index in [0.29, 0.717) is 11.4 Å². The molecule has 1 aromatic carbocycles. The summed E-state index contributed by atoms with van der Waals surface area (Å²) in [5.41, 5.74) is 1.46. The standard InChI is InChI=1S/C14H13BrN2O2/c1-19-14-7-2-10(8-17-14)13(18)9-16-12-5-3-11(15)4-6-12/h2-8,16H,9H2,1H3. The summed E-state index contributed by atoms with van der Waals surface area (Å²) in [7, 11) is 1.54. The van der Waals surface area contributed by atoms with Gasteiger partial charge in [-0.25, -0.2) is 4.98 Å².